The third kappa shape index (κ3) is 2.92. The molecular weight excluding hydrogens is 330 g/mol. The minimum Gasteiger partial charge on any atom is -0.482 e. The van der Waals surface area contributed by atoms with Crippen molar-refractivity contribution >= 4 is 27.3 Å². The molecule has 1 N–H and O–H groups in total. The third-order valence-electron chi connectivity index (χ3n) is 3.78. The highest BCUT2D eigenvalue weighted by molar-refractivity contribution is 7.92. The van der Waals surface area contributed by atoms with Gasteiger partial charge in [-0.15, -0.1) is 0 Å². The molecule has 0 spiro atoms. The van der Waals surface area contributed by atoms with Crippen LogP contribution in [0.25, 0.3) is 0 Å². The van der Waals surface area contributed by atoms with E-state index in [4.69, 9.17) is 4.74 Å². The normalized spacial score (nSPS) is 14.1. The Kier molecular flexibility index (Phi) is 4.15. The van der Waals surface area contributed by atoms with Gasteiger partial charge in [0.15, 0.2) is 6.61 Å². The number of hydrogen-bond acceptors (Lipinski definition) is 5. The van der Waals surface area contributed by atoms with Crippen LogP contribution in [0.1, 0.15) is 12.5 Å². The van der Waals surface area contributed by atoms with E-state index in [9.17, 15) is 13.2 Å². The number of nitrogens with one attached hydrogen (secondary N) is 1. The number of amides is 1. The van der Waals surface area contributed by atoms with Crippen LogP contribution in [0.3, 0.4) is 0 Å². The van der Waals surface area contributed by atoms with Gasteiger partial charge in [0.25, 0.3) is 15.9 Å². The Morgan fingerprint density at radius 2 is 2.12 bits per heavy atom. The summed E-state index contributed by atoms with van der Waals surface area (Å²) >= 11 is 0. The second-order valence-electron chi connectivity index (χ2n) is 5.35. The monoisotopic (exact) mass is 347 g/mol. The maximum atomic E-state index is 12.6. The number of carbonyl (C=O) groups excluding carboxylic acids is 1. The molecule has 0 unspecified atom stereocenters. The zero-order valence-electron chi connectivity index (χ0n) is 13.3. The van der Waals surface area contributed by atoms with E-state index in [-0.39, 0.29) is 17.4 Å². The molecule has 1 aliphatic heterocycles. The summed E-state index contributed by atoms with van der Waals surface area (Å²) in [7, 11) is -3.80. The van der Waals surface area contributed by atoms with Crippen LogP contribution in [0.2, 0.25) is 0 Å². The molecule has 0 fully saturated rings. The zero-order chi connectivity index (χ0) is 17.3. The van der Waals surface area contributed by atoms with Crippen LogP contribution in [0.4, 0.5) is 11.4 Å². The Morgan fingerprint density at radius 1 is 1.33 bits per heavy atom. The van der Waals surface area contributed by atoms with Crippen molar-refractivity contribution in [3.8, 4) is 5.75 Å². The van der Waals surface area contributed by atoms with Crippen LogP contribution in [0.15, 0.2) is 41.6 Å². The van der Waals surface area contributed by atoms with Crippen LogP contribution >= 0.6 is 0 Å². The smallest absolute Gasteiger partial charge is 0.265 e. The quantitative estimate of drug-likeness (QED) is 0.913. The van der Waals surface area contributed by atoms with Crippen molar-refractivity contribution in [1.82, 2.24) is 4.98 Å². The molecule has 0 atom stereocenters. The summed E-state index contributed by atoms with van der Waals surface area (Å²) < 4.78 is 33.1. The van der Waals surface area contributed by atoms with Gasteiger partial charge in [0, 0.05) is 12.7 Å². The van der Waals surface area contributed by atoms with Crippen LogP contribution < -0.4 is 14.4 Å². The highest BCUT2D eigenvalue weighted by Crippen LogP contribution is 2.34. The molecule has 7 nitrogen and oxygen atoms in total. The Hall–Kier alpha value is -2.61. The van der Waals surface area contributed by atoms with Gasteiger partial charge in [-0.25, -0.2) is 8.42 Å². The van der Waals surface area contributed by atoms with E-state index in [0.29, 0.717) is 23.7 Å². The van der Waals surface area contributed by atoms with E-state index in [2.05, 4.69) is 9.71 Å². The van der Waals surface area contributed by atoms with Crippen molar-refractivity contribution in [2.75, 3.05) is 22.8 Å². The number of benzene rings is 1. The van der Waals surface area contributed by atoms with Gasteiger partial charge in [-0.3, -0.25) is 14.5 Å². The van der Waals surface area contributed by atoms with E-state index in [1.807, 2.05) is 6.92 Å². The number of ether oxygens (including phenoxy) is 1. The van der Waals surface area contributed by atoms with Crippen LogP contribution in [-0.2, 0) is 14.8 Å². The van der Waals surface area contributed by atoms with Crippen molar-refractivity contribution in [2.45, 2.75) is 18.7 Å². The zero-order valence-corrected chi connectivity index (χ0v) is 14.1. The summed E-state index contributed by atoms with van der Waals surface area (Å²) in [6, 6.07) is 6.19. The molecule has 8 heteroatoms. The second-order valence-corrected chi connectivity index (χ2v) is 7.03. The highest BCUT2D eigenvalue weighted by atomic mass is 32.2. The fraction of sp³-hybridized carbons (Fsp3) is 0.250. The highest BCUT2D eigenvalue weighted by Gasteiger charge is 2.26. The minimum absolute atomic E-state index is 0.0416. The predicted molar refractivity (Wildman–Crippen MR) is 89.7 cm³/mol. The number of carbonyl (C=O) groups is 1. The molecule has 0 radical (unpaired) electrons. The lowest BCUT2D eigenvalue weighted by Gasteiger charge is -2.28. The Bertz CT molecular complexity index is 896. The molecule has 0 saturated heterocycles. The summed E-state index contributed by atoms with van der Waals surface area (Å²) in [6.07, 6.45) is 3.05. The first-order valence-electron chi connectivity index (χ1n) is 7.43. The SMILES string of the molecule is CCN1C(=O)COc2ccc(S(=O)(=O)Nc3cnccc3C)cc21. The van der Waals surface area contributed by atoms with Gasteiger partial charge in [-0.1, -0.05) is 0 Å². The molecule has 0 bridgehead atoms. The first kappa shape index (κ1) is 16.3. The molecule has 0 aliphatic carbocycles. The van der Waals surface area contributed by atoms with E-state index < -0.39 is 10.0 Å². The molecule has 1 aromatic heterocycles. The third-order valence-corrected chi connectivity index (χ3v) is 5.15. The van der Waals surface area contributed by atoms with Crippen molar-refractivity contribution < 1.29 is 17.9 Å². The molecule has 2 aromatic rings. The Morgan fingerprint density at radius 3 is 2.83 bits per heavy atom. The van der Waals surface area contributed by atoms with Crippen molar-refractivity contribution in [3.05, 3.63) is 42.2 Å². The van der Waals surface area contributed by atoms with Gasteiger partial charge in [0.1, 0.15) is 5.75 Å². The second kappa shape index (κ2) is 6.12. The van der Waals surface area contributed by atoms with E-state index in [0.717, 1.165) is 5.56 Å². The van der Waals surface area contributed by atoms with Gasteiger partial charge in [-0.2, -0.15) is 0 Å². The van der Waals surface area contributed by atoms with Crippen LogP contribution in [0.5, 0.6) is 5.75 Å². The van der Waals surface area contributed by atoms with Crippen molar-refractivity contribution in [2.24, 2.45) is 0 Å². The van der Waals surface area contributed by atoms with Crippen LogP contribution in [0, 0.1) is 6.92 Å². The largest absolute Gasteiger partial charge is 0.482 e. The van der Waals surface area contributed by atoms with Crippen LogP contribution in [-0.4, -0.2) is 32.5 Å². The number of nitrogens with zero attached hydrogens (tertiary/aromatic N) is 2. The van der Waals surface area contributed by atoms with E-state index in [1.54, 1.807) is 25.3 Å². The number of fused-ring (bicyclic) bond motifs is 1. The fourth-order valence-corrected chi connectivity index (χ4v) is 3.61. The average Bonchev–Trinajstić information content (AvgIpc) is 2.56. The summed E-state index contributed by atoms with van der Waals surface area (Å²) in [5, 5.41) is 0. The number of aryl methyl sites for hydroxylation is 1. The van der Waals surface area contributed by atoms with Gasteiger partial charge >= 0.3 is 0 Å². The first-order valence-corrected chi connectivity index (χ1v) is 8.91. The fourth-order valence-electron chi connectivity index (χ4n) is 2.47. The molecule has 1 aliphatic rings. The standard InChI is InChI=1S/C16H17N3O4S/c1-3-19-14-8-12(4-5-15(14)23-10-16(19)20)24(21,22)18-13-9-17-7-6-11(13)2/h4-9,18H,3,10H2,1-2H3. The van der Waals surface area contributed by atoms with Gasteiger partial charge in [0.2, 0.25) is 0 Å². The van der Waals surface area contributed by atoms with Gasteiger partial charge in [0.05, 0.1) is 22.5 Å². The number of aromatic nitrogens is 1. The van der Waals surface area contributed by atoms with E-state index >= 15 is 0 Å². The molecular formula is C16H17N3O4S. The Balaban J connectivity index is 1.99. The average molecular weight is 347 g/mol. The molecule has 1 amide bonds. The lowest BCUT2D eigenvalue weighted by Crippen LogP contribution is -2.38. The number of sulfonamides is 1. The number of hydrogen-bond donors (Lipinski definition) is 1. The molecule has 1 aromatic carbocycles. The van der Waals surface area contributed by atoms with Gasteiger partial charge < -0.3 is 9.64 Å². The number of anilines is 2. The van der Waals surface area contributed by atoms with Gasteiger partial charge in [-0.05, 0) is 43.7 Å². The molecule has 3 rings (SSSR count). The summed E-state index contributed by atoms with van der Waals surface area (Å²) in [5.41, 5.74) is 1.63. The predicted octanol–water partition coefficient (Wildman–Crippen LogP) is 1.94. The minimum atomic E-state index is -3.80. The number of rotatable bonds is 4. The maximum absolute atomic E-state index is 12.6. The molecule has 126 valence electrons. The summed E-state index contributed by atoms with van der Waals surface area (Å²) in [6.45, 7) is 4.01. The number of likely N-dealkylation sites (N-methyl/N-ethyl adjacent to an activating group) is 1. The lowest BCUT2D eigenvalue weighted by atomic mass is 10.2. The summed E-state index contributed by atoms with van der Waals surface area (Å²) in [5.74, 6) is 0.295. The topological polar surface area (TPSA) is 88.6 Å². The first-order chi connectivity index (χ1) is 11.4. The van der Waals surface area contributed by atoms with E-state index in [1.165, 1.54) is 23.2 Å². The van der Waals surface area contributed by atoms with Crippen molar-refractivity contribution in [3.63, 3.8) is 0 Å². The molecule has 24 heavy (non-hydrogen) atoms. The number of pyridine rings is 1. The maximum Gasteiger partial charge on any atom is 0.265 e. The molecule has 0 saturated carbocycles. The van der Waals surface area contributed by atoms with Crippen molar-refractivity contribution in [1.29, 1.82) is 0 Å². The molecule has 2 heterocycles. The summed E-state index contributed by atoms with van der Waals surface area (Å²) in [4.78, 5) is 17.4. The lowest BCUT2D eigenvalue weighted by molar-refractivity contribution is -0.121. The Labute approximate surface area is 140 Å².